The molecule has 0 aliphatic carbocycles. The largest absolute Gasteiger partial charge is 0.497 e. The average Bonchev–Trinajstić information content (AvgIpc) is 3.07. The van der Waals surface area contributed by atoms with Crippen molar-refractivity contribution in [2.45, 2.75) is 26.4 Å². The van der Waals surface area contributed by atoms with Crippen LogP contribution in [-0.2, 0) is 6.54 Å². The van der Waals surface area contributed by atoms with Gasteiger partial charge in [0.25, 0.3) is 0 Å². The third kappa shape index (κ3) is 4.87. The number of ether oxygens (including phenoxy) is 1. The van der Waals surface area contributed by atoms with Gasteiger partial charge in [0.2, 0.25) is 0 Å². The Morgan fingerprint density at radius 2 is 1.74 bits per heavy atom. The predicted molar refractivity (Wildman–Crippen MR) is 112 cm³/mol. The lowest BCUT2D eigenvalue weighted by molar-refractivity contribution is 0.402. The Morgan fingerprint density at radius 3 is 2.33 bits per heavy atom. The molecular weight excluding hydrogens is 360 g/mol. The number of methoxy groups -OCH3 is 1. The van der Waals surface area contributed by atoms with Gasteiger partial charge in [-0.05, 0) is 63.8 Å². The van der Waals surface area contributed by atoms with Gasteiger partial charge in [-0.3, -0.25) is 0 Å². The van der Waals surface area contributed by atoms with E-state index >= 15 is 0 Å². The summed E-state index contributed by atoms with van der Waals surface area (Å²) in [5, 5.41) is 4.78. The molecule has 5 nitrogen and oxygen atoms in total. The highest BCUT2D eigenvalue weighted by atomic mass is 35.5. The van der Waals surface area contributed by atoms with Crippen LogP contribution in [0, 0.1) is 0 Å². The van der Waals surface area contributed by atoms with Crippen LogP contribution in [-0.4, -0.2) is 40.9 Å². The second-order valence-corrected chi connectivity index (χ2v) is 6.96. The predicted octanol–water partition coefficient (Wildman–Crippen LogP) is 4.69. The second-order valence-electron chi connectivity index (χ2n) is 6.96. The molecule has 144 valence electrons. The summed E-state index contributed by atoms with van der Waals surface area (Å²) in [4.78, 5) is 7.00. The van der Waals surface area contributed by atoms with Crippen LogP contribution in [0.2, 0.25) is 0 Å². The average molecular weight is 387 g/mol. The van der Waals surface area contributed by atoms with Crippen LogP contribution in [0.15, 0.2) is 48.5 Å². The first kappa shape index (κ1) is 20.9. The summed E-state index contributed by atoms with van der Waals surface area (Å²) in [7, 11) is 5.81. The molecule has 1 aromatic heterocycles. The van der Waals surface area contributed by atoms with Crippen LogP contribution in [0.25, 0.3) is 22.8 Å². The van der Waals surface area contributed by atoms with Crippen molar-refractivity contribution in [1.82, 2.24) is 19.7 Å². The first-order chi connectivity index (χ1) is 12.5. The molecule has 0 fully saturated rings. The minimum absolute atomic E-state index is 0. The Morgan fingerprint density at radius 1 is 1.04 bits per heavy atom. The van der Waals surface area contributed by atoms with E-state index in [9.17, 15) is 0 Å². The van der Waals surface area contributed by atoms with Gasteiger partial charge in [-0.15, -0.1) is 12.4 Å². The lowest BCUT2D eigenvalue weighted by Crippen LogP contribution is -2.10. The fraction of sp³-hybridized carbons (Fsp3) is 0.333. The lowest BCUT2D eigenvalue weighted by atomic mass is 10.1. The third-order valence-electron chi connectivity index (χ3n) is 4.15. The van der Waals surface area contributed by atoms with Gasteiger partial charge in [0.15, 0.2) is 11.6 Å². The van der Waals surface area contributed by atoms with Crippen molar-refractivity contribution in [2.24, 2.45) is 0 Å². The first-order valence-electron chi connectivity index (χ1n) is 8.83. The number of halogens is 1. The number of rotatable bonds is 6. The monoisotopic (exact) mass is 386 g/mol. The molecule has 27 heavy (non-hydrogen) atoms. The van der Waals surface area contributed by atoms with E-state index in [-0.39, 0.29) is 18.4 Å². The highest BCUT2D eigenvalue weighted by molar-refractivity contribution is 5.85. The number of nitrogens with zero attached hydrogens (tertiary/aromatic N) is 4. The molecule has 0 radical (unpaired) electrons. The third-order valence-corrected chi connectivity index (χ3v) is 4.15. The maximum absolute atomic E-state index is 5.26. The van der Waals surface area contributed by atoms with E-state index in [1.807, 2.05) is 28.9 Å². The van der Waals surface area contributed by atoms with Gasteiger partial charge < -0.3 is 9.64 Å². The van der Waals surface area contributed by atoms with E-state index in [1.54, 1.807) is 7.11 Å². The maximum atomic E-state index is 5.26. The van der Waals surface area contributed by atoms with E-state index in [1.165, 1.54) is 5.56 Å². The van der Waals surface area contributed by atoms with E-state index in [4.69, 9.17) is 14.8 Å². The van der Waals surface area contributed by atoms with Gasteiger partial charge in [-0.25, -0.2) is 9.67 Å². The number of benzene rings is 2. The standard InChI is InChI=1S/C21H26N4O.ClH/c1-15(2)25-21(17-9-11-19(26-5)12-10-17)22-20(23-25)18-8-6-7-16(13-18)14-24(3)4;/h6-13,15H,14H2,1-5H3;1H. The van der Waals surface area contributed by atoms with Crippen LogP contribution in [0.1, 0.15) is 25.5 Å². The molecule has 6 heteroatoms. The quantitative estimate of drug-likeness (QED) is 0.616. The van der Waals surface area contributed by atoms with Crippen molar-refractivity contribution in [1.29, 1.82) is 0 Å². The topological polar surface area (TPSA) is 43.2 Å². The summed E-state index contributed by atoms with van der Waals surface area (Å²) >= 11 is 0. The Kier molecular flexibility index (Phi) is 6.99. The van der Waals surface area contributed by atoms with Gasteiger partial charge >= 0.3 is 0 Å². The van der Waals surface area contributed by atoms with Crippen molar-refractivity contribution < 1.29 is 4.74 Å². The summed E-state index contributed by atoms with van der Waals surface area (Å²) in [6.07, 6.45) is 0. The number of aromatic nitrogens is 3. The zero-order valence-electron chi connectivity index (χ0n) is 16.5. The van der Waals surface area contributed by atoms with Crippen molar-refractivity contribution >= 4 is 12.4 Å². The zero-order valence-corrected chi connectivity index (χ0v) is 17.3. The summed E-state index contributed by atoms with van der Waals surface area (Å²) in [5.41, 5.74) is 3.32. The fourth-order valence-corrected chi connectivity index (χ4v) is 2.92. The molecule has 3 aromatic rings. The molecule has 0 bridgehead atoms. The van der Waals surface area contributed by atoms with E-state index in [0.29, 0.717) is 0 Å². The van der Waals surface area contributed by atoms with Crippen molar-refractivity contribution in [2.75, 3.05) is 21.2 Å². The van der Waals surface area contributed by atoms with Crippen molar-refractivity contribution in [3.63, 3.8) is 0 Å². The van der Waals surface area contributed by atoms with Crippen molar-refractivity contribution in [3.05, 3.63) is 54.1 Å². The minimum atomic E-state index is 0. The molecule has 0 spiro atoms. The molecule has 0 aliphatic rings. The Balaban J connectivity index is 0.00000261. The Labute approximate surface area is 167 Å². The minimum Gasteiger partial charge on any atom is -0.497 e. The van der Waals surface area contributed by atoms with Crippen molar-refractivity contribution in [3.8, 4) is 28.5 Å². The van der Waals surface area contributed by atoms with Gasteiger partial charge in [0, 0.05) is 23.7 Å². The van der Waals surface area contributed by atoms with Crippen LogP contribution in [0.5, 0.6) is 5.75 Å². The summed E-state index contributed by atoms with van der Waals surface area (Å²) in [6, 6.07) is 16.6. The molecule has 3 rings (SSSR count). The zero-order chi connectivity index (χ0) is 18.7. The maximum Gasteiger partial charge on any atom is 0.181 e. The number of hydrogen-bond donors (Lipinski definition) is 0. The lowest BCUT2D eigenvalue weighted by Gasteiger charge is -2.10. The SMILES string of the molecule is COc1ccc(-c2nc(-c3cccc(CN(C)C)c3)nn2C(C)C)cc1.Cl. The molecule has 0 unspecified atom stereocenters. The van der Waals surface area contributed by atoms with Crippen LogP contribution >= 0.6 is 12.4 Å². The molecule has 0 saturated carbocycles. The summed E-state index contributed by atoms with van der Waals surface area (Å²) < 4.78 is 7.24. The van der Waals surface area contributed by atoms with Crippen LogP contribution in [0.4, 0.5) is 0 Å². The molecule has 0 N–H and O–H groups in total. The molecule has 0 aliphatic heterocycles. The fourth-order valence-electron chi connectivity index (χ4n) is 2.92. The second kappa shape index (κ2) is 9.02. The Hall–Kier alpha value is -2.37. The van der Waals surface area contributed by atoms with E-state index in [2.05, 4.69) is 57.1 Å². The number of hydrogen-bond acceptors (Lipinski definition) is 4. The Bertz CT molecular complexity index is 872. The molecular formula is C21H27ClN4O. The van der Waals surface area contributed by atoms with Gasteiger partial charge in [0.05, 0.1) is 7.11 Å². The van der Waals surface area contributed by atoms with Crippen LogP contribution in [0.3, 0.4) is 0 Å². The highest BCUT2D eigenvalue weighted by Crippen LogP contribution is 2.27. The highest BCUT2D eigenvalue weighted by Gasteiger charge is 2.16. The summed E-state index contributed by atoms with van der Waals surface area (Å²) in [6.45, 7) is 5.13. The molecule has 0 atom stereocenters. The molecule has 0 amide bonds. The van der Waals surface area contributed by atoms with Gasteiger partial charge in [-0.1, -0.05) is 18.2 Å². The summed E-state index contributed by atoms with van der Waals surface area (Å²) in [5.74, 6) is 2.46. The normalized spacial score (nSPS) is 10.9. The molecule has 2 aromatic carbocycles. The van der Waals surface area contributed by atoms with E-state index < -0.39 is 0 Å². The van der Waals surface area contributed by atoms with Gasteiger partial charge in [0.1, 0.15) is 5.75 Å². The van der Waals surface area contributed by atoms with Gasteiger partial charge in [-0.2, -0.15) is 5.10 Å². The van der Waals surface area contributed by atoms with Crippen LogP contribution < -0.4 is 4.74 Å². The van der Waals surface area contributed by atoms with E-state index in [0.717, 1.165) is 35.1 Å². The smallest absolute Gasteiger partial charge is 0.181 e. The molecule has 1 heterocycles. The molecule has 0 saturated heterocycles. The first-order valence-corrected chi connectivity index (χ1v) is 8.83.